The summed E-state index contributed by atoms with van der Waals surface area (Å²) >= 11 is 0. The van der Waals surface area contributed by atoms with Gasteiger partial charge >= 0.3 is 0 Å². The van der Waals surface area contributed by atoms with Crippen LogP contribution in [0, 0.1) is 6.92 Å². The van der Waals surface area contributed by atoms with Gasteiger partial charge < -0.3 is 10.5 Å². The second-order valence-corrected chi connectivity index (χ2v) is 6.33. The summed E-state index contributed by atoms with van der Waals surface area (Å²) in [6, 6.07) is 9.09. The van der Waals surface area contributed by atoms with E-state index in [9.17, 15) is 0 Å². The molecule has 1 heterocycles. The number of rotatable bonds is 4. The molecule has 1 aliphatic heterocycles. The van der Waals surface area contributed by atoms with E-state index in [-0.39, 0.29) is 11.0 Å². The fourth-order valence-corrected chi connectivity index (χ4v) is 3.42. The Morgan fingerprint density at radius 1 is 1.26 bits per heavy atom. The minimum Gasteiger partial charge on any atom is -0.375 e. The summed E-state index contributed by atoms with van der Waals surface area (Å²) in [5.74, 6) is 0. The van der Waals surface area contributed by atoms with Gasteiger partial charge in [-0.1, -0.05) is 36.8 Å². The van der Waals surface area contributed by atoms with E-state index in [0.29, 0.717) is 0 Å². The summed E-state index contributed by atoms with van der Waals surface area (Å²) < 4.78 is 6.04. The van der Waals surface area contributed by atoms with Crippen LogP contribution in [0.4, 0.5) is 0 Å². The van der Waals surface area contributed by atoms with E-state index in [2.05, 4.69) is 50.8 Å². The van der Waals surface area contributed by atoms with Crippen molar-refractivity contribution in [3.63, 3.8) is 0 Å². The third kappa shape index (κ3) is 3.01. The van der Waals surface area contributed by atoms with Gasteiger partial charge in [-0.3, -0.25) is 0 Å². The zero-order valence-corrected chi connectivity index (χ0v) is 12.7. The summed E-state index contributed by atoms with van der Waals surface area (Å²) in [7, 11) is 0. The van der Waals surface area contributed by atoms with Crippen molar-refractivity contribution in [1.29, 1.82) is 0 Å². The molecule has 1 aliphatic rings. The van der Waals surface area contributed by atoms with Crippen molar-refractivity contribution >= 4 is 0 Å². The molecule has 0 aliphatic carbocycles. The lowest BCUT2D eigenvalue weighted by Gasteiger charge is -2.46. The first-order valence-corrected chi connectivity index (χ1v) is 7.54. The van der Waals surface area contributed by atoms with Crippen molar-refractivity contribution in [3.05, 3.63) is 35.4 Å². The summed E-state index contributed by atoms with van der Waals surface area (Å²) in [5.41, 5.74) is 7.20. The van der Waals surface area contributed by atoms with Crippen LogP contribution < -0.4 is 5.73 Å². The van der Waals surface area contributed by atoms with Crippen LogP contribution in [0.1, 0.15) is 50.7 Å². The van der Waals surface area contributed by atoms with E-state index in [4.69, 9.17) is 4.74 Å². The molecule has 0 spiro atoms. The Balaban J connectivity index is 2.34. The van der Waals surface area contributed by atoms with Crippen LogP contribution in [-0.4, -0.2) is 18.8 Å². The van der Waals surface area contributed by atoms with Gasteiger partial charge in [-0.25, -0.2) is 0 Å². The molecular formula is C17H28NO+. The van der Waals surface area contributed by atoms with E-state index in [1.165, 1.54) is 11.1 Å². The molecule has 1 saturated heterocycles. The highest BCUT2D eigenvalue weighted by molar-refractivity contribution is 5.30. The molecule has 0 amide bonds. The first-order valence-electron chi connectivity index (χ1n) is 7.54. The summed E-state index contributed by atoms with van der Waals surface area (Å²) in [6.45, 7) is 8.51. The lowest BCUT2D eigenvalue weighted by atomic mass is 9.66. The molecule has 0 bridgehead atoms. The lowest BCUT2D eigenvalue weighted by molar-refractivity contribution is -0.372. The number of quaternary nitrogens is 1. The highest BCUT2D eigenvalue weighted by Gasteiger charge is 2.43. The van der Waals surface area contributed by atoms with E-state index < -0.39 is 0 Å². The molecular weight excluding hydrogens is 234 g/mol. The maximum atomic E-state index is 6.04. The highest BCUT2D eigenvalue weighted by atomic mass is 16.5. The number of benzene rings is 1. The highest BCUT2D eigenvalue weighted by Crippen LogP contribution is 2.44. The Hall–Kier alpha value is -0.860. The topological polar surface area (TPSA) is 36.9 Å². The molecule has 1 aromatic carbocycles. The fourth-order valence-electron chi connectivity index (χ4n) is 3.42. The van der Waals surface area contributed by atoms with Gasteiger partial charge in [0.25, 0.3) is 0 Å². The largest absolute Gasteiger partial charge is 0.375 e. The van der Waals surface area contributed by atoms with Crippen molar-refractivity contribution in [2.75, 3.05) is 13.2 Å². The quantitative estimate of drug-likeness (QED) is 0.890. The van der Waals surface area contributed by atoms with Crippen LogP contribution in [-0.2, 0) is 10.2 Å². The van der Waals surface area contributed by atoms with Gasteiger partial charge in [0, 0.05) is 18.4 Å². The first kappa shape index (κ1) is 14.5. The predicted molar refractivity (Wildman–Crippen MR) is 79.1 cm³/mol. The molecule has 0 aromatic heterocycles. The smallest absolute Gasteiger partial charge is 0.0748 e. The molecule has 1 aromatic rings. The third-order valence-electron chi connectivity index (χ3n) is 4.81. The van der Waals surface area contributed by atoms with E-state index in [1.54, 1.807) is 0 Å². The molecule has 0 radical (unpaired) electrons. The summed E-state index contributed by atoms with van der Waals surface area (Å²) in [4.78, 5) is 0. The summed E-state index contributed by atoms with van der Waals surface area (Å²) in [6.07, 6.45) is 4.49. The van der Waals surface area contributed by atoms with Gasteiger partial charge in [-0.2, -0.15) is 0 Å². The predicted octanol–water partition coefficient (Wildman–Crippen LogP) is 2.84. The maximum absolute atomic E-state index is 6.04. The van der Waals surface area contributed by atoms with Crippen molar-refractivity contribution in [2.24, 2.45) is 0 Å². The van der Waals surface area contributed by atoms with E-state index >= 15 is 0 Å². The number of aryl methyl sites for hydroxylation is 1. The first-order chi connectivity index (χ1) is 9.03. The second-order valence-electron chi connectivity index (χ2n) is 6.33. The summed E-state index contributed by atoms with van der Waals surface area (Å²) in [5, 5.41) is 0. The average Bonchev–Trinajstić information content (AvgIpc) is 2.40. The van der Waals surface area contributed by atoms with Gasteiger partial charge in [0.1, 0.15) is 0 Å². The van der Waals surface area contributed by atoms with E-state index in [0.717, 1.165) is 38.8 Å². The monoisotopic (exact) mass is 262 g/mol. The normalized spacial score (nSPS) is 31.4. The van der Waals surface area contributed by atoms with Gasteiger partial charge in [-0.15, -0.1) is 0 Å². The van der Waals surface area contributed by atoms with E-state index in [1.807, 2.05) is 0 Å². The van der Waals surface area contributed by atoms with Gasteiger partial charge in [-0.05, 0) is 38.7 Å². The number of ether oxygens (including phenoxy) is 1. The Morgan fingerprint density at radius 3 is 2.53 bits per heavy atom. The van der Waals surface area contributed by atoms with Gasteiger partial charge in [0.15, 0.2) is 0 Å². The standard InChI is InChI=1S/C17H27NO/c1-4-16(3)13-17(9-11-18,10-12-19-16)15-7-5-14(2)6-8-15/h5-8H,4,9-13,18H2,1-3H3/p+1/t16-,17+/m1/s1. The second kappa shape index (κ2) is 5.64. The third-order valence-corrected chi connectivity index (χ3v) is 4.81. The van der Waals surface area contributed by atoms with Crippen LogP contribution in [0.3, 0.4) is 0 Å². The molecule has 1 fully saturated rings. The Morgan fingerprint density at radius 2 is 1.95 bits per heavy atom. The number of hydrogen-bond donors (Lipinski definition) is 1. The molecule has 3 N–H and O–H groups in total. The maximum Gasteiger partial charge on any atom is 0.0748 e. The minimum absolute atomic E-state index is 0.0261. The van der Waals surface area contributed by atoms with Gasteiger partial charge in [0.2, 0.25) is 0 Å². The van der Waals surface area contributed by atoms with Gasteiger partial charge in [0.05, 0.1) is 12.1 Å². The molecule has 0 unspecified atom stereocenters. The Labute approximate surface area is 117 Å². The molecule has 2 heteroatoms. The van der Waals surface area contributed by atoms with Crippen LogP contribution in [0.15, 0.2) is 24.3 Å². The Bertz CT molecular complexity index is 410. The minimum atomic E-state index is 0.0261. The molecule has 19 heavy (non-hydrogen) atoms. The average molecular weight is 262 g/mol. The van der Waals surface area contributed by atoms with Crippen molar-refractivity contribution < 1.29 is 10.5 Å². The SMILES string of the molecule is CC[C@]1(C)C[C@@](CC[NH3+])(c2ccc(C)cc2)CCO1. The van der Waals surface area contributed by atoms with Crippen molar-refractivity contribution in [1.82, 2.24) is 0 Å². The molecule has 2 nitrogen and oxygen atoms in total. The zero-order chi connectivity index (χ0) is 13.9. The zero-order valence-electron chi connectivity index (χ0n) is 12.7. The lowest BCUT2D eigenvalue weighted by Crippen LogP contribution is -2.55. The molecule has 0 saturated carbocycles. The van der Waals surface area contributed by atoms with Crippen LogP contribution in [0.2, 0.25) is 0 Å². The van der Waals surface area contributed by atoms with Crippen molar-refractivity contribution in [2.45, 2.75) is 57.5 Å². The number of hydrogen-bond acceptors (Lipinski definition) is 1. The van der Waals surface area contributed by atoms with Crippen LogP contribution in [0.5, 0.6) is 0 Å². The molecule has 2 atom stereocenters. The van der Waals surface area contributed by atoms with Crippen LogP contribution in [0.25, 0.3) is 0 Å². The Kier molecular flexibility index (Phi) is 4.32. The molecule has 2 rings (SSSR count). The van der Waals surface area contributed by atoms with Crippen LogP contribution >= 0.6 is 0 Å². The fraction of sp³-hybridized carbons (Fsp3) is 0.647. The molecule has 106 valence electrons. The van der Waals surface area contributed by atoms with Crippen molar-refractivity contribution in [3.8, 4) is 0 Å².